The van der Waals surface area contributed by atoms with E-state index in [1.165, 1.54) is 0 Å². The lowest BCUT2D eigenvalue weighted by Crippen LogP contribution is -1.83. The van der Waals surface area contributed by atoms with Gasteiger partial charge in [-0.25, -0.2) is 4.98 Å². The molecule has 0 saturated carbocycles. The Bertz CT molecular complexity index is 198. The highest BCUT2D eigenvalue weighted by molar-refractivity contribution is 9.10. The SMILES string of the molecule is [CH2]Cc1cccnc1Br. The summed E-state index contributed by atoms with van der Waals surface area (Å²) in [6, 6.07) is 3.91. The van der Waals surface area contributed by atoms with Crippen LogP contribution in [0.2, 0.25) is 0 Å². The van der Waals surface area contributed by atoms with Crippen LogP contribution in [-0.2, 0) is 6.42 Å². The first-order valence-corrected chi connectivity index (χ1v) is 3.52. The number of rotatable bonds is 1. The van der Waals surface area contributed by atoms with E-state index in [2.05, 4.69) is 27.8 Å². The standard InChI is InChI=1S/C7H7BrN/c1-2-6-4-3-5-9-7(6)8/h3-5H,1-2H2. The molecule has 1 rings (SSSR count). The van der Waals surface area contributed by atoms with E-state index >= 15 is 0 Å². The summed E-state index contributed by atoms with van der Waals surface area (Å²) < 4.78 is 0.903. The molecule has 0 atom stereocenters. The lowest BCUT2D eigenvalue weighted by molar-refractivity contribution is 1.15. The van der Waals surface area contributed by atoms with Gasteiger partial charge in [-0.1, -0.05) is 6.07 Å². The van der Waals surface area contributed by atoms with Crippen molar-refractivity contribution >= 4 is 15.9 Å². The van der Waals surface area contributed by atoms with Crippen LogP contribution in [0.3, 0.4) is 0 Å². The molecule has 0 amide bonds. The maximum absolute atomic E-state index is 4.03. The summed E-state index contributed by atoms with van der Waals surface area (Å²) in [4.78, 5) is 4.03. The Hall–Kier alpha value is -0.370. The number of halogens is 1. The zero-order valence-electron chi connectivity index (χ0n) is 4.97. The Balaban J connectivity index is 3.01. The van der Waals surface area contributed by atoms with Gasteiger partial charge in [0.1, 0.15) is 4.60 Å². The van der Waals surface area contributed by atoms with Crippen molar-refractivity contribution < 1.29 is 0 Å². The quantitative estimate of drug-likeness (QED) is 0.611. The fourth-order valence-electron chi connectivity index (χ4n) is 0.606. The maximum atomic E-state index is 4.03. The van der Waals surface area contributed by atoms with Crippen molar-refractivity contribution in [1.82, 2.24) is 4.98 Å². The summed E-state index contributed by atoms with van der Waals surface area (Å²) in [7, 11) is 0. The van der Waals surface area contributed by atoms with Crippen molar-refractivity contribution in [3.63, 3.8) is 0 Å². The van der Waals surface area contributed by atoms with E-state index in [1.54, 1.807) is 6.20 Å². The van der Waals surface area contributed by atoms with Crippen LogP contribution in [-0.4, -0.2) is 4.98 Å². The molecule has 1 aromatic heterocycles. The molecule has 0 aliphatic rings. The summed E-state index contributed by atoms with van der Waals surface area (Å²) in [5, 5.41) is 0. The number of pyridine rings is 1. The van der Waals surface area contributed by atoms with Crippen LogP contribution in [0.1, 0.15) is 5.56 Å². The first-order chi connectivity index (χ1) is 4.34. The second kappa shape index (κ2) is 2.97. The summed E-state index contributed by atoms with van der Waals surface area (Å²) >= 11 is 3.31. The van der Waals surface area contributed by atoms with E-state index in [0.29, 0.717) is 0 Å². The minimum Gasteiger partial charge on any atom is -0.249 e. The number of aromatic nitrogens is 1. The van der Waals surface area contributed by atoms with Crippen molar-refractivity contribution in [3.8, 4) is 0 Å². The van der Waals surface area contributed by atoms with E-state index in [0.717, 1.165) is 16.6 Å². The third-order valence-electron chi connectivity index (χ3n) is 1.11. The Morgan fingerprint density at radius 2 is 2.44 bits per heavy atom. The predicted octanol–water partition coefficient (Wildman–Crippen LogP) is 2.22. The van der Waals surface area contributed by atoms with Gasteiger partial charge < -0.3 is 0 Å². The van der Waals surface area contributed by atoms with E-state index < -0.39 is 0 Å². The number of hydrogen-bond donors (Lipinski definition) is 0. The lowest BCUT2D eigenvalue weighted by atomic mass is 10.2. The average Bonchev–Trinajstić information content (AvgIpc) is 1.89. The van der Waals surface area contributed by atoms with Crippen LogP contribution >= 0.6 is 15.9 Å². The summed E-state index contributed by atoms with van der Waals surface area (Å²) in [6.07, 6.45) is 2.54. The maximum Gasteiger partial charge on any atom is 0.109 e. The van der Waals surface area contributed by atoms with Gasteiger partial charge >= 0.3 is 0 Å². The second-order valence-electron chi connectivity index (χ2n) is 1.70. The molecule has 0 aliphatic carbocycles. The van der Waals surface area contributed by atoms with Gasteiger partial charge in [-0.15, -0.1) is 0 Å². The molecule has 0 aliphatic heterocycles. The summed E-state index contributed by atoms with van der Waals surface area (Å²) in [5.74, 6) is 0. The largest absolute Gasteiger partial charge is 0.249 e. The first kappa shape index (κ1) is 6.75. The van der Waals surface area contributed by atoms with Crippen LogP contribution in [0.5, 0.6) is 0 Å². The topological polar surface area (TPSA) is 12.9 Å². The van der Waals surface area contributed by atoms with Crippen molar-refractivity contribution in [1.29, 1.82) is 0 Å². The van der Waals surface area contributed by atoms with Crippen LogP contribution < -0.4 is 0 Å². The van der Waals surface area contributed by atoms with Gasteiger partial charge in [0.2, 0.25) is 0 Å². The zero-order chi connectivity index (χ0) is 6.69. The molecule has 1 radical (unpaired) electrons. The minimum atomic E-state index is 0.786. The third-order valence-corrected chi connectivity index (χ3v) is 1.82. The lowest BCUT2D eigenvalue weighted by Gasteiger charge is -1.95. The van der Waals surface area contributed by atoms with Gasteiger partial charge in [0.05, 0.1) is 0 Å². The van der Waals surface area contributed by atoms with Gasteiger partial charge in [-0.3, -0.25) is 0 Å². The number of hydrogen-bond acceptors (Lipinski definition) is 1. The molecule has 0 bridgehead atoms. The van der Waals surface area contributed by atoms with Gasteiger partial charge in [0.15, 0.2) is 0 Å². The van der Waals surface area contributed by atoms with Gasteiger partial charge in [-0.05, 0) is 40.9 Å². The molecule has 0 aromatic carbocycles. The van der Waals surface area contributed by atoms with Crippen LogP contribution in [0.15, 0.2) is 22.9 Å². The van der Waals surface area contributed by atoms with Crippen molar-refractivity contribution in [2.45, 2.75) is 6.42 Å². The molecule has 1 nitrogen and oxygen atoms in total. The monoisotopic (exact) mass is 184 g/mol. The second-order valence-corrected chi connectivity index (χ2v) is 2.45. The first-order valence-electron chi connectivity index (χ1n) is 2.73. The molecular weight excluding hydrogens is 178 g/mol. The molecule has 0 unspecified atom stereocenters. The Morgan fingerprint density at radius 3 is 2.89 bits per heavy atom. The molecule has 0 spiro atoms. The highest BCUT2D eigenvalue weighted by Gasteiger charge is 1.93. The minimum absolute atomic E-state index is 0.786. The summed E-state index contributed by atoms with van der Waals surface area (Å²) in [5.41, 5.74) is 1.15. The zero-order valence-corrected chi connectivity index (χ0v) is 6.56. The highest BCUT2D eigenvalue weighted by Crippen LogP contribution is 2.11. The van der Waals surface area contributed by atoms with E-state index in [4.69, 9.17) is 0 Å². The molecule has 1 aromatic rings. The fraction of sp³-hybridized carbons (Fsp3) is 0.143. The smallest absolute Gasteiger partial charge is 0.109 e. The third kappa shape index (κ3) is 1.52. The molecule has 0 fully saturated rings. The Labute approximate surface area is 63.2 Å². The van der Waals surface area contributed by atoms with E-state index in [9.17, 15) is 0 Å². The molecule has 0 saturated heterocycles. The van der Waals surface area contributed by atoms with Crippen molar-refractivity contribution in [3.05, 3.63) is 35.4 Å². The Morgan fingerprint density at radius 1 is 1.67 bits per heavy atom. The molecule has 47 valence electrons. The molecule has 9 heavy (non-hydrogen) atoms. The highest BCUT2D eigenvalue weighted by atomic mass is 79.9. The molecule has 2 heteroatoms. The van der Waals surface area contributed by atoms with Crippen molar-refractivity contribution in [2.75, 3.05) is 0 Å². The summed E-state index contributed by atoms with van der Waals surface area (Å²) in [6.45, 7) is 3.75. The molecule has 0 N–H and O–H groups in total. The van der Waals surface area contributed by atoms with Crippen molar-refractivity contribution in [2.24, 2.45) is 0 Å². The van der Waals surface area contributed by atoms with E-state index in [1.807, 2.05) is 12.1 Å². The van der Waals surface area contributed by atoms with Crippen LogP contribution in [0, 0.1) is 6.92 Å². The van der Waals surface area contributed by atoms with Crippen LogP contribution in [0.4, 0.5) is 0 Å². The van der Waals surface area contributed by atoms with Gasteiger partial charge in [0, 0.05) is 6.20 Å². The fourth-order valence-corrected chi connectivity index (χ4v) is 1.05. The number of nitrogens with zero attached hydrogens (tertiary/aromatic N) is 1. The normalized spacial score (nSPS) is 9.56. The van der Waals surface area contributed by atoms with E-state index in [-0.39, 0.29) is 0 Å². The van der Waals surface area contributed by atoms with Crippen LogP contribution in [0.25, 0.3) is 0 Å². The van der Waals surface area contributed by atoms with Gasteiger partial charge in [0.25, 0.3) is 0 Å². The Kier molecular flexibility index (Phi) is 2.22. The molecular formula is C7H7BrN. The predicted molar refractivity (Wildman–Crippen MR) is 41.0 cm³/mol. The molecule has 1 heterocycles. The van der Waals surface area contributed by atoms with Gasteiger partial charge in [-0.2, -0.15) is 0 Å². The average molecular weight is 185 g/mol.